The number of alkyl halides is 1. The molecule has 0 aromatic heterocycles. The number of hydrogen-bond acceptors (Lipinski definition) is 0. The lowest BCUT2D eigenvalue weighted by molar-refractivity contribution is 0.567. The summed E-state index contributed by atoms with van der Waals surface area (Å²) in [5, 5.41) is 0. The van der Waals surface area contributed by atoms with Gasteiger partial charge in [-0.15, -0.1) is 0 Å². The van der Waals surface area contributed by atoms with Gasteiger partial charge in [-0.1, -0.05) is 22.0 Å². The largest absolute Gasteiger partial charge is 0.207 e. The van der Waals surface area contributed by atoms with Crippen LogP contribution < -0.4 is 0 Å². The Morgan fingerprint density at radius 2 is 2.00 bits per heavy atom. The maximum Gasteiger partial charge on any atom is 0.130 e. The summed E-state index contributed by atoms with van der Waals surface area (Å²) in [6.45, 7) is 0. The van der Waals surface area contributed by atoms with E-state index in [1.165, 1.54) is 12.1 Å². The highest BCUT2D eigenvalue weighted by atomic mass is 79.9. The molecule has 2 rings (SSSR count). The van der Waals surface area contributed by atoms with Gasteiger partial charge in [0.15, 0.2) is 0 Å². The zero-order valence-electron chi connectivity index (χ0n) is 6.93. The Morgan fingerprint density at radius 3 is 2.54 bits per heavy atom. The molecule has 0 bridgehead atoms. The Morgan fingerprint density at radius 1 is 1.31 bits per heavy atom. The second-order valence-corrected chi connectivity index (χ2v) is 4.39. The van der Waals surface area contributed by atoms with E-state index in [1.807, 2.05) is 0 Å². The summed E-state index contributed by atoms with van der Waals surface area (Å²) in [4.78, 5) is 0.0492. The molecule has 0 heterocycles. The fourth-order valence-electron chi connectivity index (χ4n) is 1.37. The SMILES string of the molecule is Fc1ccc(C(Br)C2CC2)c(F)c1. The van der Waals surface area contributed by atoms with E-state index < -0.39 is 11.6 Å². The van der Waals surface area contributed by atoms with Crippen LogP contribution in [0.2, 0.25) is 0 Å². The van der Waals surface area contributed by atoms with Gasteiger partial charge in [-0.25, -0.2) is 8.78 Å². The number of benzene rings is 1. The number of rotatable bonds is 2. The van der Waals surface area contributed by atoms with Crippen LogP contribution in [0.15, 0.2) is 18.2 Å². The zero-order valence-corrected chi connectivity index (χ0v) is 8.52. The summed E-state index contributed by atoms with van der Waals surface area (Å²) >= 11 is 3.43. The molecule has 0 nitrogen and oxygen atoms in total. The topological polar surface area (TPSA) is 0 Å². The molecule has 1 atom stereocenters. The first kappa shape index (κ1) is 9.13. The van der Waals surface area contributed by atoms with E-state index in [1.54, 1.807) is 0 Å². The highest BCUT2D eigenvalue weighted by Gasteiger charge is 2.31. The smallest absolute Gasteiger partial charge is 0.130 e. The average molecular weight is 247 g/mol. The van der Waals surface area contributed by atoms with Crippen LogP contribution in [-0.2, 0) is 0 Å². The van der Waals surface area contributed by atoms with Crippen LogP contribution in [0.3, 0.4) is 0 Å². The van der Waals surface area contributed by atoms with Crippen molar-refractivity contribution >= 4 is 15.9 Å². The van der Waals surface area contributed by atoms with Gasteiger partial charge in [0.25, 0.3) is 0 Å². The fourth-order valence-corrected chi connectivity index (χ4v) is 2.27. The molecule has 0 N–H and O–H groups in total. The molecule has 0 radical (unpaired) electrons. The maximum absolute atomic E-state index is 13.2. The summed E-state index contributed by atoms with van der Waals surface area (Å²) in [5.41, 5.74) is 0.573. The molecular formula is C10H9BrF2. The van der Waals surface area contributed by atoms with Gasteiger partial charge in [-0.05, 0) is 24.8 Å². The van der Waals surface area contributed by atoms with Gasteiger partial charge in [0.2, 0.25) is 0 Å². The van der Waals surface area contributed by atoms with Crippen LogP contribution in [0.25, 0.3) is 0 Å². The van der Waals surface area contributed by atoms with Crippen molar-refractivity contribution in [1.29, 1.82) is 0 Å². The summed E-state index contributed by atoms with van der Waals surface area (Å²) in [6, 6.07) is 3.75. The monoisotopic (exact) mass is 246 g/mol. The minimum absolute atomic E-state index is 0.0492. The Balaban J connectivity index is 2.28. The van der Waals surface area contributed by atoms with Crippen molar-refractivity contribution in [3.63, 3.8) is 0 Å². The normalized spacial score (nSPS) is 18.7. The highest BCUT2D eigenvalue weighted by molar-refractivity contribution is 9.09. The average Bonchev–Trinajstić information content (AvgIpc) is 2.85. The van der Waals surface area contributed by atoms with E-state index >= 15 is 0 Å². The summed E-state index contributed by atoms with van der Waals surface area (Å²) in [6.07, 6.45) is 2.26. The molecule has 0 saturated heterocycles. The Bertz CT molecular complexity index is 321. The van der Waals surface area contributed by atoms with Crippen LogP contribution >= 0.6 is 15.9 Å². The van der Waals surface area contributed by atoms with Crippen molar-refractivity contribution in [2.75, 3.05) is 0 Å². The highest BCUT2D eigenvalue weighted by Crippen LogP contribution is 2.46. The summed E-state index contributed by atoms with van der Waals surface area (Å²) < 4.78 is 25.8. The van der Waals surface area contributed by atoms with Gasteiger partial charge in [0.05, 0.1) is 0 Å². The molecule has 1 fully saturated rings. The van der Waals surface area contributed by atoms with E-state index in [-0.39, 0.29) is 4.83 Å². The Labute approximate surface area is 84.1 Å². The van der Waals surface area contributed by atoms with Crippen LogP contribution in [0.5, 0.6) is 0 Å². The molecule has 0 spiro atoms. The van der Waals surface area contributed by atoms with Gasteiger partial charge in [0, 0.05) is 16.5 Å². The Hall–Kier alpha value is -0.440. The van der Waals surface area contributed by atoms with Crippen LogP contribution in [0.1, 0.15) is 23.2 Å². The first-order valence-electron chi connectivity index (χ1n) is 4.27. The van der Waals surface area contributed by atoms with Gasteiger partial charge in [-0.2, -0.15) is 0 Å². The second kappa shape index (κ2) is 3.37. The van der Waals surface area contributed by atoms with Crippen LogP contribution in [0, 0.1) is 17.6 Å². The minimum Gasteiger partial charge on any atom is -0.207 e. The van der Waals surface area contributed by atoms with E-state index in [4.69, 9.17) is 0 Å². The van der Waals surface area contributed by atoms with Crippen LogP contribution in [0.4, 0.5) is 8.78 Å². The standard InChI is InChI=1S/C10H9BrF2/c11-10(6-1-2-6)8-4-3-7(12)5-9(8)13/h3-6,10H,1-2H2. The van der Waals surface area contributed by atoms with E-state index in [9.17, 15) is 8.78 Å². The lowest BCUT2D eigenvalue weighted by atomic mass is 10.1. The van der Waals surface area contributed by atoms with Crippen molar-refractivity contribution in [2.45, 2.75) is 17.7 Å². The lowest BCUT2D eigenvalue weighted by Gasteiger charge is -2.09. The van der Waals surface area contributed by atoms with E-state index in [0.29, 0.717) is 11.5 Å². The van der Waals surface area contributed by atoms with Crippen molar-refractivity contribution in [2.24, 2.45) is 5.92 Å². The van der Waals surface area contributed by atoms with Crippen molar-refractivity contribution in [3.05, 3.63) is 35.4 Å². The molecule has 1 aromatic rings. The van der Waals surface area contributed by atoms with Gasteiger partial charge in [0.1, 0.15) is 11.6 Å². The van der Waals surface area contributed by atoms with E-state index in [2.05, 4.69) is 15.9 Å². The summed E-state index contributed by atoms with van der Waals surface area (Å²) in [7, 11) is 0. The van der Waals surface area contributed by atoms with E-state index in [0.717, 1.165) is 18.9 Å². The van der Waals surface area contributed by atoms with Crippen LogP contribution in [-0.4, -0.2) is 0 Å². The van der Waals surface area contributed by atoms with Crippen molar-refractivity contribution < 1.29 is 8.78 Å². The third-order valence-electron chi connectivity index (χ3n) is 2.30. The molecule has 0 aliphatic heterocycles. The fraction of sp³-hybridized carbons (Fsp3) is 0.400. The number of halogens is 3. The third kappa shape index (κ3) is 1.90. The molecule has 1 saturated carbocycles. The first-order chi connectivity index (χ1) is 6.18. The molecule has 70 valence electrons. The first-order valence-corrected chi connectivity index (χ1v) is 5.19. The van der Waals surface area contributed by atoms with Crippen molar-refractivity contribution in [1.82, 2.24) is 0 Å². The quantitative estimate of drug-likeness (QED) is 0.697. The molecule has 1 aliphatic rings. The molecule has 13 heavy (non-hydrogen) atoms. The second-order valence-electron chi connectivity index (χ2n) is 3.41. The van der Waals surface area contributed by atoms with Crippen molar-refractivity contribution in [3.8, 4) is 0 Å². The Kier molecular flexibility index (Phi) is 2.37. The lowest BCUT2D eigenvalue weighted by Crippen LogP contribution is -1.96. The zero-order chi connectivity index (χ0) is 9.42. The predicted molar refractivity (Wildman–Crippen MR) is 50.8 cm³/mol. The minimum atomic E-state index is -0.517. The molecule has 1 unspecified atom stereocenters. The third-order valence-corrected chi connectivity index (χ3v) is 3.54. The molecule has 3 heteroatoms. The maximum atomic E-state index is 13.2. The van der Waals surface area contributed by atoms with Gasteiger partial charge >= 0.3 is 0 Å². The molecule has 1 aromatic carbocycles. The van der Waals surface area contributed by atoms with Gasteiger partial charge in [-0.3, -0.25) is 0 Å². The predicted octanol–water partition coefficient (Wildman–Crippen LogP) is 3.81. The molecule has 1 aliphatic carbocycles. The molecule has 0 amide bonds. The van der Waals surface area contributed by atoms with Gasteiger partial charge < -0.3 is 0 Å². The summed E-state index contributed by atoms with van der Waals surface area (Å²) in [5.74, 6) is -0.439. The molecular weight excluding hydrogens is 238 g/mol. The number of hydrogen-bond donors (Lipinski definition) is 0.